The van der Waals surface area contributed by atoms with Crippen molar-refractivity contribution in [3.63, 3.8) is 0 Å². The Bertz CT molecular complexity index is 482. The van der Waals surface area contributed by atoms with Crippen molar-refractivity contribution in [2.75, 3.05) is 29.9 Å². The highest BCUT2D eigenvalue weighted by Crippen LogP contribution is 2.35. The molecule has 0 fully saturated rings. The molecule has 0 aromatic heterocycles. The van der Waals surface area contributed by atoms with E-state index in [-0.39, 0.29) is 5.91 Å². The summed E-state index contributed by atoms with van der Waals surface area (Å²) in [6.07, 6.45) is 0. The summed E-state index contributed by atoms with van der Waals surface area (Å²) in [4.78, 5) is 15.9. The standard InChI is InChI=1S/C13H18BrN3O/c1-13(2,15)8-17-10-5-4-9(14)6-11(10)16(3)7-12(17)18/h4-6H,7-8,15H2,1-3H3. The number of nitrogens with two attached hydrogens (primary N) is 1. The minimum Gasteiger partial charge on any atom is -0.364 e. The van der Waals surface area contributed by atoms with E-state index < -0.39 is 5.54 Å². The molecule has 0 aliphatic carbocycles. The highest BCUT2D eigenvalue weighted by molar-refractivity contribution is 9.10. The van der Waals surface area contributed by atoms with Crippen LogP contribution in [0.25, 0.3) is 0 Å². The third kappa shape index (κ3) is 2.67. The number of carbonyl (C=O) groups excluding carboxylic acids is 1. The van der Waals surface area contributed by atoms with Gasteiger partial charge in [0.2, 0.25) is 5.91 Å². The van der Waals surface area contributed by atoms with Crippen LogP contribution >= 0.6 is 15.9 Å². The highest BCUT2D eigenvalue weighted by atomic mass is 79.9. The van der Waals surface area contributed by atoms with Gasteiger partial charge in [0.1, 0.15) is 0 Å². The quantitative estimate of drug-likeness (QED) is 0.908. The summed E-state index contributed by atoms with van der Waals surface area (Å²) in [5, 5.41) is 0. The third-order valence-corrected chi connectivity index (χ3v) is 3.37. The molecule has 0 unspecified atom stereocenters. The van der Waals surface area contributed by atoms with Gasteiger partial charge in [0.25, 0.3) is 0 Å². The van der Waals surface area contributed by atoms with Crippen LogP contribution in [0, 0.1) is 0 Å². The number of hydrogen-bond donors (Lipinski definition) is 1. The zero-order valence-corrected chi connectivity index (χ0v) is 12.5. The zero-order valence-electron chi connectivity index (χ0n) is 10.9. The molecule has 0 saturated carbocycles. The lowest BCUT2D eigenvalue weighted by molar-refractivity contribution is -0.117. The summed E-state index contributed by atoms with van der Waals surface area (Å²) in [5.74, 6) is 0.0887. The van der Waals surface area contributed by atoms with Gasteiger partial charge in [-0.05, 0) is 32.0 Å². The lowest BCUT2D eigenvalue weighted by Gasteiger charge is -2.38. The molecular weight excluding hydrogens is 294 g/mol. The largest absolute Gasteiger partial charge is 0.364 e. The number of likely N-dealkylation sites (N-methyl/N-ethyl adjacent to an activating group) is 1. The first kappa shape index (κ1) is 13.4. The van der Waals surface area contributed by atoms with Crippen molar-refractivity contribution in [3.8, 4) is 0 Å². The number of benzene rings is 1. The van der Waals surface area contributed by atoms with Gasteiger partial charge in [0.05, 0.1) is 17.9 Å². The number of nitrogens with zero attached hydrogens (tertiary/aromatic N) is 2. The summed E-state index contributed by atoms with van der Waals surface area (Å²) < 4.78 is 1.01. The number of carbonyl (C=O) groups is 1. The highest BCUT2D eigenvalue weighted by Gasteiger charge is 2.30. The molecule has 1 amide bonds. The van der Waals surface area contributed by atoms with E-state index in [1.165, 1.54) is 0 Å². The first-order valence-electron chi connectivity index (χ1n) is 5.88. The van der Waals surface area contributed by atoms with E-state index in [4.69, 9.17) is 5.73 Å². The molecule has 5 heteroatoms. The average Bonchev–Trinajstić information content (AvgIpc) is 2.23. The summed E-state index contributed by atoms with van der Waals surface area (Å²) in [6.45, 7) is 4.77. The van der Waals surface area contributed by atoms with Crippen LogP contribution in [0.2, 0.25) is 0 Å². The molecule has 0 saturated heterocycles. The van der Waals surface area contributed by atoms with E-state index in [1.807, 2.05) is 44.0 Å². The van der Waals surface area contributed by atoms with Crippen LogP contribution in [0.4, 0.5) is 11.4 Å². The minimum absolute atomic E-state index is 0.0887. The molecule has 1 heterocycles. The van der Waals surface area contributed by atoms with Crippen molar-refractivity contribution < 1.29 is 4.79 Å². The Balaban J connectivity index is 2.43. The molecule has 2 rings (SSSR count). The van der Waals surface area contributed by atoms with Crippen molar-refractivity contribution >= 4 is 33.2 Å². The molecule has 4 nitrogen and oxygen atoms in total. The van der Waals surface area contributed by atoms with E-state index in [0.29, 0.717) is 13.1 Å². The van der Waals surface area contributed by atoms with Crippen LogP contribution in [-0.2, 0) is 4.79 Å². The zero-order chi connectivity index (χ0) is 13.5. The maximum atomic E-state index is 12.1. The predicted octanol–water partition coefficient (Wildman–Crippen LogP) is 1.97. The van der Waals surface area contributed by atoms with Gasteiger partial charge in [-0.1, -0.05) is 15.9 Å². The van der Waals surface area contributed by atoms with E-state index in [9.17, 15) is 4.79 Å². The fourth-order valence-electron chi connectivity index (χ4n) is 2.12. The van der Waals surface area contributed by atoms with Gasteiger partial charge in [-0.2, -0.15) is 0 Å². The molecule has 1 aromatic carbocycles. The summed E-state index contributed by atoms with van der Waals surface area (Å²) >= 11 is 3.46. The molecule has 0 atom stereocenters. The lowest BCUT2D eigenvalue weighted by Crippen LogP contribution is -2.52. The van der Waals surface area contributed by atoms with E-state index in [0.717, 1.165) is 15.8 Å². The maximum absolute atomic E-state index is 12.1. The molecule has 18 heavy (non-hydrogen) atoms. The van der Waals surface area contributed by atoms with Gasteiger partial charge >= 0.3 is 0 Å². The molecule has 1 aliphatic rings. The summed E-state index contributed by atoms with van der Waals surface area (Å²) in [5.41, 5.74) is 7.60. The Labute approximate surface area is 116 Å². The second-order valence-electron chi connectivity index (χ2n) is 5.46. The van der Waals surface area contributed by atoms with Crippen LogP contribution in [0.3, 0.4) is 0 Å². The van der Waals surface area contributed by atoms with Crippen molar-refractivity contribution in [1.29, 1.82) is 0 Å². The Kier molecular flexibility index (Phi) is 3.38. The number of amides is 1. The lowest BCUT2D eigenvalue weighted by atomic mass is 10.0. The Morgan fingerprint density at radius 3 is 2.67 bits per heavy atom. The van der Waals surface area contributed by atoms with Crippen LogP contribution in [-0.4, -0.2) is 31.6 Å². The number of fused-ring (bicyclic) bond motifs is 1. The Hall–Kier alpha value is -1.07. The van der Waals surface area contributed by atoms with Crippen molar-refractivity contribution in [2.24, 2.45) is 5.73 Å². The van der Waals surface area contributed by atoms with Crippen LogP contribution in [0.15, 0.2) is 22.7 Å². The second-order valence-corrected chi connectivity index (χ2v) is 6.37. The molecule has 0 radical (unpaired) electrons. The Morgan fingerprint density at radius 1 is 1.39 bits per heavy atom. The molecule has 1 aromatic rings. The third-order valence-electron chi connectivity index (χ3n) is 2.88. The van der Waals surface area contributed by atoms with Crippen molar-refractivity contribution in [2.45, 2.75) is 19.4 Å². The number of hydrogen-bond acceptors (Lipinski definition) is 3. The van der Waals surface area contributed by atoms with Gasteiger partial charge < -0.3 is 15.5 Å². The van der Waals surface area contributed by atoms with Crippen LogP contribution in [0.1, 0.15) is 13.8 Å². The topological polar surface area (TPSA) is 49.6 Å². The second kappa shape index (κ2) is 4.55. The van der Waals surface area contributed by atoms with Gasteiger partial charge in [-0.3, -0.25) is 4.79 Å². The smallest absolute Gasteiger partial charge is 0.246 e. The van der Waals surface area contributed by atoms with Gasteiger partial charge in [0.15, 0.2) is 0 Å². The Morgan fingerprint density at radius 2 is 2.06 bits per heavy atom. The predicted molar refractivity (Wildman–Crippen MR) is 78.0 cm³/mol. The van der Waals surface area contributed by atoms with Crippen molar-refractivity contribution in [3.05, 3.63) is 22.7 Å². The van der Waals surface area contributed by atoms with Crippen LogP contribution in [0.5, 0.6) is 0 Å². The molecule has 98 valence electrons. The first-order chi connectivity index (χ1) is 8.28. The summed E-state index contributed by atoms with van der Waals surface area (Å²) in [7, 11) is 1.92. The minimum atomic E-state index is -0.407. The average molecular weight is 312 g/mol. The van der Waals surface area contributed by atoms with Gasteiger partial charge in [-0.15, -0.1) is 0 Å². The fourth-order valence-corrected chi connectivity index (χ4v) is 2.47. The van der Waals surface area contributed by atoms with E-state index in [2.05, 4.69) is 15.9 Å². The normalized spacial score (nSPS) is 15.9. The fraction of sp³-hybridized carbons (Fsp3) is 0.462. The number of rotatable bonds is 2. The van der Waals surface area contributed by atoms with Crippen molar-refractivity contribution in [1.82, 2.24) is 0 Å². The molecule has 0 bridgehead atoms. The maximum Gasteiger partial charge on any atom is 0.246 e. The molecule has 2 N–H and O–H groups in total. The van der Waals surface area contributed by atoms with E-state index >= 15 is 0 Å². The summed E-state index contributed by atoms with van der Waals surface area (Å²) in [6, 6.07) is 5.93. The first-order valence-corrected chi connectivity index (χ1v) is 6.67. The van der Waals surface area contributed by atoms with Gasteiger partial charge in [-0.25, -0.2) is 0 Å². The number of anilines is 2. The molecule has 1 aliphatic heterocycles. The van der Waals surface area contributed by atoms with Gasteiger partial charge in [0, 0.05) is 23.6 Å². The SMILES string of the molecule is CN1CC(=O)N(CC(C)(C)N)c2ccc(Br)cc21. The van der Waals surface area contributed by atoms with E-state index in [1.54, 1.807) is 4.90 Å². The molecular formula is C13H18BrN3O. The molecule has 0 spiro atoms. The monoisotopic (exact) mass is 311 g/mol. The van der Waals surface area contributed by atoms with Crippen LogP contribution < -0.4 is 15.5 Å². The number of halogens is 1.